The van der Waals surface area contributed by atoms with Crippen molar-refractivity contribution in [2.75, 3.05) is 23.4 Å². The van der Waals surface area contributed by atoms with Crippen molar-refractivity contribution in [3.05, 3.63) is 118 Å². The quantitative estimate of drug-likeness (QED) is 0.0757. The van der Waals surface area contributed by atoms with Crippen molar-refractivity contribution in [2.45, 2.75) is 103 Å². The van der Waals surface area contributed by atoms with Gasteiger partial charge in [0.25, 0.3) is 5.91 Å². The minimum atomic E-state index is -3.58. The number of anilines is 2. The molecule has 0 radical (unpaired) electrons. The summed E-state index contributed by atoms with van der Waals surface area (Å²) in [7, 11) is -3.58. The lowest BCUT2D eigenvalue weighted by atomic mass is 9.82. The van der Waals surface area contributed by atoms with Crippen LogP contribution in [0.4, 0.5) is 15.5 Å². The number of H-pyrrole nitrogens is 1. The predicted octanol–water partition coefficient (Wildman–Crippen LogP) is 8.50. The molecule has 3 N–H and O–H groups in total. The smallest absolute Gasteiger partial charge is 0.264 e. The molecule has 4 heterocycles. The van der Waals surface area contributed by atoms with E-state index in [0.29, 0.717) is 36.4 Å². The zero-order chi connectivity index (χ0) is 40.6. The number of halogens is 1. The van der Waals surface area contributed by atoms with Crippen LogP contribution in [-0.4, -0.2) is 66.4 Å². The summed E-state index contributed by atoms with van der Waals surface area (Å²) in [4.78, 5) is 49.5. The Bertz CT molecular complexity index is 2240. The number of nitrogens with one attached hydrogen (secondary N) is 2. The third-order valence-electron chi connectivity index (χ3n) is 12.2. The van der Waals surface area contributed by atoms with E-state index in [1.807, 2.05) is 67.7 Å². The Labute approximate surface area is 336 Å². The van der Waals surface area contributed by atoms with Crippen LogP contribution >= 0.6 is 0 Å². The first-order valence-electron chi connectivity index (χ1n) is 20.2. The van der Waals surface area contributed by atoms with Gasteiger partial charge in [-0.05, 0) is 94.1 Å². The number of para-hydroxylation sites is 1. The van der Waals surface area contributed by atoms with Gasteiger partial charge in [0.2, 0.25) is 20.2 Å². The molecule has 11 heteroatoms. The molecule has 1 spiro atoms. The second-order valence-corrected chi connectivity index (χ2v) is 20.7. The van der Waals surface area contributed by atoms with Crippen molar-refractivity contribution < 1.29 is 28.3 Å². The number of benzene rings is 3. The SMILES string of the molecule is CC(C)=CCC/C(C)=C/CN1C(=O)[C@]2(O[C@H](CC(=O)N3Cc4ccccc4C[C@H]3CO)[C@@H]([Si](C)(C)F)[C@@H]2C)c2cc(NC(=O)Cc3c[nH]c4ccccc34)ccc21. The molecular formula is C46H55FN4O5Si. The fraction of sp³-hybridized carbons (Fsp3) is 0.413. The number of nitrogens with zero attached hydrogens (tertiary/aromatic N) is 2. The zero-order valence-corrected chi connectivity index (χ0v) is 34.9. The first-order valence-corrected chi connectivity index (χ1v) is 23.1. The standard InChI is InChI=1S/C46H55FN4O5Si/c1-29(2)12-11-13-30(3)20-21-50-40-19-18-35(49-42(53)23-34-26-48-39-17-10-9-16-37(34)39)24-38(40)46(45(50)55)31(4)44(57(5,6)47)41(56-46)25-43(54)51-27-33-15-8-7-14-32(33)22-36(51)28-52/h7-10,12,14-20,24,26,31,36,41,44,48,52H,11,13,21-23,25,27-28H2,1-6H3,(H,49,53)/b30-20+/t31-,36-,41+,44-,46+/m0/s1. The van der Waals surface area contributed by atoms with Gasteiger partial charge in [0, 0.05) is 52.9 Å². The molecule has 1 saturated heterocycles. The second-order valence-electron chi connectivity index (χ2n) is 16.9. The average Bonchev–Trinajstić information content (AvgIpc) is 3.79. The number of carbonyl (C=O) groups excluding carboxylic acids is 3. The van der Waals surface area contributed by atoms with Gasteiger partial charge in [-0.1, -0.05) is 72.7 Å². The van der Waals surface area contributed by atoms with Crippen LogP contribution in [0.3, 0.4) is 0 Å². The molecule has 9 nitrogen and oxygen atoms in total. The molecule has 3 aliphatic heterocycles. The van der Waals surface area contributed by atoms with E-state index >= 15 is 8.90 Å². The summed E-state index contributed by atoms with van der Waals surface area (Å²) >= 11 is 0. The molecule has 7 rings (SSSR count). The minimum absolute atomic E-state index is 0.122. The number of hydrogen-bond donors (Lipinski definition) is 3. The molecule has 0 aliphatic carbocycles. The first kappa shape index (κ1) is 40.4. The fourth-order valence-corrected chi connectivity index (χ4v) is 11.9. The van der Waals surface area contributed by atoms with Crippen molar-refractivity contribution in [1.29, 1.82) is 0 Å². The Morgan fingerprint density at radius 2 is 1.79 bits per heavy atom. The number of aliphatic hydroxyl groups excluding tert-OH is 1. The number of aliphatic hydroxyl groups is 1. The number of allylic oxidation sites excluding steroid dienone is 3. The third-order valence-corrected chi connectivity index (χ3v) is 14.7. The van der Waals surface area contributed by atoms with E-state index in [4.69, 9.17) is 4.74 Å². The molecule has 1 fully saturated rings. The van der Waals surface area contributed by atoms with E-state index in [0.717, 1.165) is 46.0 Å². The lowest BCUT2D eigenvalue weighted by Gasteiger charge is -2.37. The number of aromatic amines is 1. The van der Waals surface area contributed by atoms with Crippen LogP contribution in [0.2, 0.25) is 18.6 Å². The molecule has 57 heavy (non-hydrogen) atoms. The molecule has 4 aromatic rings. The van der Waals surface area contributed by atoms with E-state index in [9.17, 15) is 14.7 Å². The largest absolute Gasteiger partial charge is 0.394 e. The van der Waals surface area contributed by atoms with Gasteiger partial charge in [-0.15, -0.1) is 0 Å². The van der Waals surface area contributed by atoms with Crippen molar-refractivity contribution in [2.24, 2.45) is 5.92 Å². The first-order chi connectivity index (χ1) is 27.2. The number of amides is 3. The normalized spacial score (nSPS) is 23.2. The fourth-order valence-electron chi connectivity index (χ4n) is 9.43. The van der Waals surface area contributed by atoms with E-state index in [2.05, 4.69) is 43.2 Å². The van der Waals surface area contributed by atoms with Gasteiger partial charge in [0.15, 0.2) is 5.60 Å². The topological polar surface area (TPSA) is 115 Å². The number of fused-ring (bicyclic) bond motifs is 4. The van der Waals surface area contributed by atoms with Crippen molar-refractivity contribution in [1.82, 2.24) is 9.88 Å². The lowest BCUT2D eigenvalue weighted by Crippen LogP contribution is -2.48. The van der Waals surface area contributed by atoms with Crippen LogP contribution in [0, 0.1) is 5.92 Å². The molecule has 3 amide bonds. The highest BCUT2D eigenvalue weighted by molar-refractivity contribution is 6.72. The summed E-state index contributed by atoms with van der Waals surface area (Å²) in [5, 5.41) is 14.4. The number of aromatic nitrogens is 1. The van der Waals surface area contributed by atoms with Gasteiger partial charge in [0.1, 0.15) is 0 Å². The molecular weight excluding hydrogens is 736 g/mol. The highest BCUT2D eigenvalue weighted by atomic mass is 28.4. The molecule has 5 atom stereocenters. The molecule has 3 aliphatic rings. The maximum atomic E-state index is 16.7. The second kappa shape index (κ2) is 16.2. The summed E-state index contributed by atoms with van der Waals surface area (Å²) in [5.41, 5.74) is 5.78. The third kappa shape index (κ3) is 7.89. The monoisotopic (exact) mass is 790 g/mol. The summed E-state index contributed by atoms with van der Waals surface area (Å²) in [6.45, 7) is 11.8. The minimum Gasteiger partial charge on any atom is -0.394 e. The van der Waals surface area contributed by atoms with Gasteiger partial charge in [-0.3, -0.25) is 14.4 Å². The van der Waals surface area contributed by atoms with Crippen LogP contribution in [-0.2, 0) is 44.1 Å². The number of rotatable bonds is 12. The maximum Gasteiger partial charge on any atom is 0.264 e. The van der Waals surface area contributed by atoms with Gasteiger partial charge in [0.05, 0.1) is 37.3 Å². The Morgan fingerprint density at radius 3 is 2.53 bits per heavy atom. The molecule has 1 aromatic heterocycles. The van der Waals surface area contributed by atoms with Gasteiger partial charge >= 0.3 is 0 Å². The van der Waals surface area contributed by atoms with Crippen LogP contribution < -0.4 is 10.2 Å². The summed E-state index contributed by atoms with van der Waals surface area (Å²) in [6.07, 6.45) is 7.51. The Morgan fingerprint density at radius 1 is 1.05 bits per heavy atom. The summed E-state index contributed by atoms with van der Waals surface area (Å²) < 4.78 is 23.7. The van der Waals surface area contributed by atoms with Gasteiger partial charge < -0.3 is 34.1 Å². The summed E-state index contributed by atoms with van der Waals surface area (Å²) in [6, 6.07) is 20.8. The highest BCUT2D eigenvalue weighted by Gasteiger charge is 2.67. The van der Waals surface area contributed by atoms with Crippen molar-refractivity contribution in [3.63, 3.8) is 0 Å². The molecule has 3 aromatic carbocycles. The number of hydrogen-bond acceptors (Lipinski definition) is 5. The van der Waals surface area contributed by atoms with E-state index in [-0.39, 0.29) is 37.2 Å². The molecule has 300 valence electrons. The Kier molecular flexibility index (Phi) is 11.5. The van der Waals surface area contributed by atoms with Gasteiger partial charge in [-0.25, -0.2) is 0 Å². The van der Waals surface area contributed by atoms with Crippen LogP contribution in [0.15, 0.2) is 96.2 Å². The van der Waals surface area contributed by atoms with E-state index in [1.54, 1.807) is 35.0 Å². The lowest BCUT2D eigenvalue weighted by molar-refractivity contribution is -0.150. The average molecular weight is 791 g/mol. The Balaban J connectivity index is 1.22. The zero-order valence-electron chi connectivity index (χ0n) is 33.9. The molecule has 0 saturated carbocycles. The van der Waals surface area contributed by atoms with Crippen molar-refractivity contribution in [3.8, 4) is 0 Å². The maximum absolute atomic E-state index is 16.7. The van der Waals surface area contributed by atoms with E-state index in [1.165, 1.54) is 5.57 Å². The number of ether oxygens (including phenoxy) is 1. The molecule has 0 bridgehead atoms. The van der Waals surface area contributed by atoms with Crippen LogP contribution in [0.25, 0.3) is 10.9 Å². The van der Waals surface area contributed by atoms with E-state index < -0.39 is 37.6 Å². The Hall–Kier alpha value is -4.84. The molecule has 0 unspecified atom stereocenters. The predicted molar refractivity (Wildman–Crippen MR) is 226 cm³/mol. The van der Waals surface area contributed by atoms with Crippen LogP contribution in [0.1, 0.15) is 69.2 Å². The summed E-state index contributed by atoms with van der Waals surface area (Å²) in [5.74, 6) is -1.37. The number of carbonyl (C=O) groups is 3. The van der Waals surface area contributed by atoms with Gasteiger partial charge in [-0.2, -0.15) is 0 Å². The van der Waals surface area contributed by atoms with Crippen molar-refractivity contribution >= 4 is 48.4 Å². The van der Waals surface area contributed by atoms with Crippen LogP contribution in [0.5, 0.6) is 0 Å². The highest BCUT2D eigenvalue weighted by Crippen LogP contribution is 2.60.